The van der Waals surface area contributed by atoms with Gasteiger partial charge in [-0.25, -0.2) is 9.97 Å². The van der Waals surface area contributed by atoms with Gasteiger partial charge in [-0.1, -0.05) is 0 Å². The zero-order valence-corrected chi connectivity index (χ0v) is 16.6. The van der Waals surface area contributed by atoms with Crippen LogP contribution in [0.2, 0.25) is 0 Å². The molecule has 2 amide bonds. The molecule has 0 aliphatic carbocycles. The van der Waals surface area contributed by atoms with Gasteiger partial charge in [-0.3, -0.25) is 9.59 Å². The normalized spacial score (nSPS) is 15.4. The third kappa shape index (κ3) is 4.72. The molecule has 1 fully saturated rings. The van der Waals surface area contributed by atoms with Gasteiger partial charge in [0.1, 0.15) is 23.4 Å². The first kappa shape index (κ1) is 19.3. The van der Waals surface area contributed by atoms with E-state index in [9.17, 15) is 9.59 Å². The molecule has 10 heteroatoms. The second kappa shape index (κ2) is 8.58. The molecular weight excluding hydrogens is 392 g/mol. The summed E-state index contributed by atoms with van der Waals surface area (Å²) in [6, 6.07) is 5.50. The second-order valence-electron chi connectivity index (χ2n) is 6.93. The summed E-state index contributed by atoms with van der Waals surface area (Å²) in [5, 5.41) is 6.32. The zero-order chi connectivity index (χ0) is 20.2. The average molecular weight is 414 g/mol. The van der Waals surface area contributed by atoms with Crippen molar-refractivity contribution in [1.82, 2.24) is 20.2 Å². The van der Waals surface area contributed by atoms with Gasteiger partial charge in [-0.05, 0) is 18.9 Å². The van der Waals surface area contributed by atoms with Crippen LogP contribution in [-0.2, 0) is 0 Å². The summed E-state index contributed by atoms with van der Waals surface area (Å²) in [5.74, 6) is -0.0170. The van der Waals surface area contributed by atoms with Gasteiger partial charge < -0.3 is 25.7 Å². The van der Waals surface area contributed by atoms with Crippen molar-refractivity contribution in [2.45, 2.75) is 18.9 Å². The van der Waals surface area contributed by atoms with E-state index in [2.05, 4.69) is 25.5 Å². The van der Waals surface area contributed by atoms with Crippen LogP contribution in [0.4, 0.5) is 5.82 Å². The fraction of sp³-hybridized carbons (Fsp3) is 0.368. The number of likely N-dealkylation sites (tertiary alicyclic amines) is 1. The minimum atomic E-state index is -0.566. The van der Waals surface area contributed by atoms with Crippen LogP contribution in [0, 0.1) is 0 Å². The largest absolute Gasteiger partial charge is 0.463 e. The fourth-order valence-corrected chi connectivity index (χ4v) is 4.27. The molecule has 4 rings (SSSR count). The summed E-state index contributed by atoms with van der Waals surface area (Å²) in [6.45, 7) is 3.25. The molecule has 152 valence electrons. The molecule has 1 aliphatic heterocycles. The van der Waals surface area contributed by atoms with Crippen molar-refractivity contribution >= 4 is 39.3 Å². The number of carbonyl (C=O) groups excluding carboxylic acids is 2. The van der Waals surface area contributed by atoms with Gasteiger partial charge in [-0.15, -0.1) is 11.3 Å². The third-order valence-electron chi connectivity index (χ3n) is 4.94. The van der Waals surface area contributed by atoms with Gasteiger partial charge >= 0.3 is 0 Å². The number of hydrogen-bond donors (Lipinski definition) is 3. The number of thiophene rings is 1. The Balaban J connectivity index is 1.19. The Morgan fingerprint density at radius 3 is 2.86 bits per heavy atom. The molecule has 0 saturated carbocycles. The Kier molecular flexibility index (Phi) is 5.72. The second-order valence-corrected chi connectivity index (χ2v) is 8.01. The Morgan fingerprint density at radius 2 is 2.10 bits per heavy atom. The van der Waals surface area contributed by atoms with E-state index >= 15 is 0 Å². The van der Waals surface area contributed by atoms with Gasteiger partial charge in [0.05, 0.1) is 15.8 Å². The van der Waals surface area contributed by atoms with Crippen LogP contribution in [0.5, 0.6) is 0 Å². The highest BCUT2D eigenvalue weighted by atomic mass is 32.1. The summed E-state index contributed by atoms with van der Waals surface area (Å²) in [4.78, 5) is 34.5. The molecule has 29 heavy (non-hydrogen) atoms. The number of nitrogens with one attached hydrogen (secondary N) is 2. The first-order chi connectivity index (χ1) is 14.1. The Labute approximate surface area is 171 Å². The van der Waals surface area contributed by atoms with Crippen molar-refractivity contribution < 1.29 is 14.0 Å². The van der Waals surface area contributed by atoms with E-state index < -0.39 is 5.91 Å². The lowest BCUT2D eigenvalue weighted by atomic mass is 10.1. The number of carbonyl (C=O) groups is 2. The molecule has 1 saturated heterocycles. The van der Waals surface area contributed by atoms with Crippen molar-refractivity contribution in [2.24, 2.45) is 5.73 Å². The highest BCUT2D eigenvalue weighted by Gasteiger charge is 2.20. The number of aromatic nitrogens is 2. The van der Waals surface area contributed by atoms with Crippen molar-refractivity contribution in [2.75, 3.05) is 31.5 Å². The summed E-state index contributed by atoms with van der Waals surface area (Å²) in [6.07, 6.45) is 4.87. The number of primary amides is 1. The molecule has 3 aromatic rings. The molecule has 0 spiro atoms. The molecule has 9 nitrogen and oxygen atoms in total. The van der Waals surface area contributed by atoms with Crippen LogP contribution in [-0.4, -0.2) is 58.9 Å². The van der Waals surface area contributed by atoms with Crippen LogP contribution >= 0.6 is 11.3 Å². The predicted octanol–water partition coefficient (Wildman–Crippen LogP) is 1.69. The Hall–Kier alpha value is -2.98. The third-order valence-corrected chi connectivity index (χ3v) is 6.02. The zero-order valence-electron chi connectivity index (χ0n) is 15.8. The molecule has 3 aromatic heterocycles. The van der Waals surface area contributed by atoms with Crippen molar-refractivity contribution in [1.29, 1.82) is 0 Å². The van der Waals surface area contributed by atoms with Crippen molar-refractivity contribution in [3.63, 3.8) is 0 Å². The number of piperidine rings is 1. The summed E-state index contributed by atoms with van der Waals surface area (Å²) in [7, 11) is 0. The van der Waals surface area contributed by atoms with Crippen molar-refractivity contribution in [3.8, 4) is 0 Å². The van der Waals surface area contributed by atoms with Gasteiger partial charge in [0.2, 0.25) is 0 Å². The highest BCUT2D eigenvalue weighted by molar-refractivity contribution is 7.20. The van der Waals surface area contributed by atoms with Crippen LogP contribution < -0.4 is 16.4 Å². The van der Waals surface area contributed by atoms with Crippen LogP contribution in [0.3, 0.4) is 0 Å². The van der Waals surface area contributed by atoms with Gasteiger partial charge in [0, 0.05) is 44.4 Å². The first-order valence-corrected chi connectivity index (χ1v) is 10.3. The van der Waals surface area contributed by atoms with Gasteiger partial charge in [0.25, 0.3) is 11.8 Å². The maximum absolute atomic E-state index is 12.3. The molecular formula is C19H22N6O3S. The van der Waals surface area contributed by atoms with E-state index in [-0.39, 0.29) is 17.6 Å². The van der Waals surface area contributed by atoms with E-state index in [1.165, 1.54) is 17.7 Å². The topological polar surface area (TPSA) is 126 Å². The molecule has 4 N–H and O–H groups in total. The Morgan fingerprint density at radius 1 is 1.28 bits per heavy atom. The van der Waals surface area contributed by atoms with Crippen molar-refractivity contribution in [3.05, 3.63) is 41.4 Å². The van der Waals surface area contributed by atoms with Crippen LogP contribution in [0.1, 0.15) is 33.0 Å². The number of nitrogens with two attached hydrogens (primary N) is 1. The quantitative estimate of drug-likeness (QED) is 0.537. The number of nitrogens with zero attached hydrogens (tertiary/aromatic N) is 3. The number of rotatable bonds is 7. The lowest BCUT2D eigenvalue weighted by Gasteiger charge is -2.32. The lowest BCUT2D eigenvalue weighted by Crippen LogP contribution is -2.42. The summed E-state index contributed by atoms with van der Waals surface area (Å²) in [5.41, 5.74) is 6.21. The highest BCUT2D eigenvalue weighted by Crippen LogP contribution is 2.26. The predicted molar refractivity (Wildman–Crippen MR) is 110 cm³/mol. The van der Waals surface area contributed by atoms with Gasteiger partial charge in [-0.2, -0.15) is 0 Å². The maximum atomic E-state index is 12.3. The maximum Gasteiger partial charge on any atom is 0.267 e. The van der Waals surface area contributed by atoms with Crippen LogP contribution in [0.25, 0.3) is 10.3 Å². The van der Waals surface area contributed by atoms with Gasteiger partial charge in [0.15, 0.2) is 0 Å². The van der Waals surface area contributed by atoms with E-state index in [0.717, 1.165) is 42.8 Å². The molecule has 4 heterocycles. The smallest absolute Gasteiger partial charge is 0.267 e. The molecule has 0 bridgehead atoms. The minimum absolute atomic E-state index is 0.0630. The number of furan rings is 1. The molecule has 1 aliphatic rings. The summed E-state index contributed by atoms with van der Waals surface area (Å²) >= 11 is 1.44. The van der Waals surface area contributed by atoms with Crippen LogP contribution in [0.15, 0.2) is 35.2 Å². The first-order valence-electron chi connectivity index (χ1n) is 9.44. The number of hydrogen-bond acceptors (Lipinski definition) is 8. The van der Waals surface area contributed by atoms with E-state index in [1.54, 1.807) is 18.4 Å². The number of amides is 2. The monoisotopic (exact) mass is 414 g/mol. The molecule has 0 radical (unpaired) electrons. The fourth-order valence-electron chi connectivity index (χ4n) is 3.37. The lowest BCUT2D eigenvalue weighted by molar-refractivity contribution is 0.0948. The van der Waals surface area contributed by atoms with E-state index in [4.69, 9.17) is 10.2 Å². The molecule has 0 atom stereocenters. The number of fused-ring (bicyclic) bond motifs is 1. The molecule has 0 unspecified atom stereocenters. The average Bonchev–Trinajstić information content (AvgIpc) is 3.32. The number of anilines is 1. The SMILES string of the molecule is NC(=O)c1cc(NC2CCN(CCNC(=O)c3cc4occc4s3)CC2)ncn1. The van der Waals surface area contributed by atoms with E-state index in [0.29, 0.717) is 17.2 Å². The standard InChI is InChI=1S/C19H22N6O3S/c20-18(26)13-9-17(23-11-22-13)24-12-1-5-25(6-2-12)7-4-21-19(27)16-10-14-15(29-16)3-8-28-14/h3,8-12H,1-2,4-7H2,(H2,20,26)(H,21,27)(H,22,23,24). The van der Waals surface area contributed by atoms with E-state index in [1.807, 2.05) is 6.07 Å². The summed E-state index contributed by atoms with van der Waals surface area (Å²) < 4.78 is 6.29. The molecule has 0 aromatic carbocycles. The Bertz CT molecular complexity index is 980. The minimum Gasteiger partial charge on any atom is -0.463 e.